The van der Waals surface area contributed by atoms with E-state index in [2.05, 4.69) is 0 Å². The molecule has 2 aromatic rings. The van der Waals surface area contributed by atoms with E-state index in [-0.39, 0.29) is 41.1 Å². The van der Waals surface area contributed by atoms with Crippen molar-refractivity contribution in [3.63, 3.8) is 0 Å². The maximum absolute atomic E-state index is 13.2. The number of amides is 1. The molecule has 2 atom stereocenters. The Labute approximate surface area is 169 Å². The molecule has 0 aliphatic heterocycles. The van der Waals surface area contributed by atoms with Gasteiger partial charge in [0.1, 0.15) is 22.8 Å². The van der Waals surface area contributed by atoms with Crippen LogP contribution >= 0.6 is 11.6 Å². The van der Waals surface area contributed by atoms with Gasteiger partial charge in [0.05, 0.1) is 16.9 Å². The van der Waals surface area contributed by atoms with Gasteiger partial charge in [-0.05, 0) is 30.0 Å². The van der Waals surface area contributed by atoms with Gasteiger partial charge in [-0.15, -0.1) is 0 Å². The molecule has 2 aliphatic rings. The van der Waals surface area contributed by atoms with Crippen molar-refractivity contribution in [3.8, 4) is 11.5 Å². The summed E-state index contributed by atoms with van der Waals surface area (Å²) in [6, 6.07) is 3.06. The van der Waals surface area contributed by atoms with Crippen molar-refractivity contribution in [1.29, 1.82) is 0 Å². The van der Waals surface area contributed by atoms with E-state index in [1.54, 1.807) is 6.07 Å². The Bertz CT molecular complexity index is 1170. The van der Waals surface area contributed by atoms with Gasteiger partial charge in [-0.1, -0.05) is 11.6 Å². The van der Waals surface area contributed by atoms with Gasteiger partial charge in [0.2, 0.25) is 0 Å². The second-order valence-corrected chi connectivity index (χ2v) is 7.72. The number of carbonyl (C=O) groups is 3. The zero-order chi connectivity index (χ0) is 21.2. The highest BCUT2D eigenvalue weighted by Crippen LogP contribution is 2.48. The number of hydrogen-bond acceptors (Lipinski definition) is 7. The second-order valence-electron chi connectivity index (χ2n) is 7.31. The summed E-state index contributed by atoms with van der Waals surface area (Å²) in [7, 11) is 0. The fourth-order valence-corrected chi connectivity index (χ4v) is 4.69. The Hall–Kier alpha value is -3.10. The van der Waals surface area contributed by atoms with Crippen molar-refractivity contribution in [2.45, 2.75) is 19.4 Å². The number of aliphatic hydroxyl groups is 1. The Morgan fingerprint density at radius 1 is 1.14 bits per heavy atom. The fraction of sp³-hybridized carbons (Fsp3) is 0.250. The Balaban J connectivity index is 1.99. The minimum atomic E-state index is -1.18. The molecular weight excluding hydrogens is 400 g/mol. The molecule has 2 aromatic carbocycles. The molecule has 0 spiro atoms. The van der Waals surface area contributed by atoms with Crippen LogP contribution in [0.3, 0.4) is 0 Å². The molecular formula is C20H17ClN2O6. The molecule has 9 heteroatoms. The molecule has 0 saturated carbocycles. The van der Waals surface area contributed by atoms with Gasteiger partial charge in [-0.2, -0.15) is 0 Å². The number of carbonyl (C=O) groups excluding carboxylic acids is 3. The van der Waals surface area contributed by atoms with Crippen LogP contribution in [0.4, 0.5) is 0 Å². The molecule has 29 heavy (non-hydrogen) atoms. The number of aromatic hydroxyl groups is 2. The summed E-state index contributed by atoms with van der Waals surface area (Å²) in [6.07, 6.45) is 0.0505. The number of fused-ring (bicyclic) bond motifs is 3. The van der Waals surface area contributed by atoms with Crippen molar-refractivity contribution in [3.05, 3.63) is 45.2 Å². The van der Waals surface area contributed by atoms with E-state index >= 15 is 0 Å². The molecule has 0 bridgehead atoms. The first-order valence-corrected chi connectivity index (χ1v) is 9.24. The predicted molar refractivity (Wildman–Crippen MR) is 104 cm³/mol. The van der Waals surface area contributed by atoms with Crippen LogP contribution < -0.4 is 11.5 Å². The van der Waals surface area contributed by atoms with Crippen molar-refractivity contribution < 1.29 is 29.7 Å². The summed E-state index contributed by atoms with van der Waals surface area (Å²) in [5.41, 5.74) is 10.8. The minimum Gasteiger partial charge on any atom is -0.511 e. The third-order valence-electron chi connectivity index (χ3n) is 5.71. The van der Waals surface area contributed by atoms with Gasteiger partial charge in [0.25, 0.3) is 5.91 Å². The lowest BCUT2D eigenvalue weighted by molar-refractivity contribution is -0.122. The number of aliphatic hydroxyl groups excluding tert-OH is 1. The average molecular weight is 417 g/mol. The molecule has 150 valence electrons. The number of nitrogens with two attached hydrogens (primary N) is 2. The van der Waals surface area contributed by atoms with Gasteiger partial charge in [0, 0.05) is 28.9 Å². The van der Waals surface area contributed by atoms with Crippen LogP contribution in [-0.4, -0.2) is 32.8 Å². The van der Waals surface area contributed by atoms with Crippen molar-refractivity contribution in [2.24, 2.45) is 23.3 Å². The smallest absolute Gasteiger partial charge is 0.255 e. The Kier molecular flexibility index (Phi) is 4.29. The number of rotatable bonds is 2. The second kappa shape index (κ2) is 6.47. The summed E-state index contributed by atoms with van der Waals surface area (Å²) >= 11 is 6.29. The summed E-state index contributed by atoms with van der Waals surface area (Å²) in [5, 5.41) is 32.4. The van der Waals surface area contributed by atoms with E-state index < -0.39 is 46.4 Å². The van der Waals surface area contributed by atoms with Crippen LogP contribution in [0.5, 0.6) is 11.5 Å². The molecule has 4 rings (SSSR count). The standard InChI is InChI=1S/C20H17ClN2O6/c21-10-3-8(5-22)16(25)14-9(10)2-6-1-7-4-11(24)15(20(23)29)19(28)13(7)17(26)12(6)18(14)27/h2-3,7,13,25,27-28H,1,4-5,22H2,(H2,23,29). The Morgan fingerprint density at radius 2 is 1.83 bits per heavy atom. The summed E-state index contributed by atoms with van der Waals surface area (Å²) in [5.74, 6) is -5.61. The largest absolute Gasteiger partial charge is 0.511 e. The molecule has 0 fully saturated rings. The van der Waals surface area contributed by atoms with E-state index in [0.717, 1.165) is 0 Å². The van der Waals surface area contributed by atoms with E-state index in [1.165, 1.54) is 6.07 Å². The number of halogens is 1. The van der Waals surface area contributed by atoms with Gasteiger partial charge in [-0.3, -0.25) is 14.4 Å². The maximum atomic E-state index is 13.2. The maximum Gasteiger partial charge on any atom is 0.255 e. The van der Waals surface area contributed by atoms with Crippen LogP contribution in [0.25, 0.3) is 10.8 Å². The zero-order valence-electron chi connectivity index (χ0n) is 15.0. The van der Waals surface area contributed by atoms with Crippen LogP contribution in [0, 0.1) is 11.8 Å². The first kappa shape index (κ1) is 19.2. The highest BCUT2D eigenvalue weighted by atomic mass is 35.5. The van der Waals surface area contributed by atoms with Crippen molar-refractivity contribution in [2.75, 3.05) is 0 Å². The van der Waals surface area contributed by atoms with Crippen LogP contribution in [0.2, 0.25) is 5.02 Å². The van der Waals surface area contributed by atoms with Crippen molar-refractivity contribution in [1.82, 2.24) is 0 Å². The lowest BCUT2D eigenvalue weighted by atomic mass is 9.67. The number of phenols is 2. The fourth-order valence-electron chi connectivity index (χ4n) is 4.41. The van der Waals surface area contributed by atoms with E-state index in [0.29, 0.717) is 16.5 Å². The third kappa shape index (κ3) is 2.60. The first-order chi connectivity index (χ1) is 13.7. The van der Waals surface area contributed by atoms with Crippen LogP contribution in [0.15, 0.2) is 23.5 Å². The number of phenolic OH excluding ortho intramolecular Hbond substituents is 2. The van der Waals surface area contributed by atoms with E-state index in [1.807, 2.05) is 0 Å². The summed E-state index contributed by atoms with van der Waals surface area (Å²) in [4.78, 5) is 37.0. The highest BCUT2D eigenvalue weighted by Gasteiger charge is 2.47. The normalized spacial score (nSPS) is 21.3. The lowest BCUT2D eigenvalue weighted by Crippen LogP contribution is -2.41. The highest BCUT2D eigenvalue weighted by molar-refractivity contribution is 6.36. The van der Waals surface area contributed by atoms with E-state index in [9.17, 15) is 29.7 Å². The molecule has 1 amide bonds. The van der Waals surface area contributed by atoms with Gasteiger partial charge < -0.3 is 26.8 Å². The zero-order valence-corrected chi connectivity index (χ0v) is 15.8. The minimum absolute atomic E-state index is 0.0195. The number of ketones is 2. The van der Waals surface area contributed by atoms with Crippen LogP contribution in [-0.2, 0) is 22.6 Å². The average Bonchev–Trinajstić information content (AvgIpc) is 2.63. The molecule has 2 aliphatic carbocycles. The van der Waals surface area contributed by atoms with Crippen molar-refractivity contribution >= 4 is 39.8 Å². The quantitative estimate of drug-likeness (QED) is 0.464. The topological polar surface area (TPSA) is 164 Å². The first-order valence-electron chi connectivity index (χ1n) is 8.86. The SMILES string of the molecule is NCc1cc(Cl)c2cc3c(c(O)c2c1O)C(=O)C1C(O)=C(C(N)=O)C(=O)CC1C3. The third-order valence-corrected chi connectivity index (χ3v) is 6.02. The molecule has 0 aromatic heterocycles. The van der Waals surface area contributed by atoms with Crippen LogP contribution in [0.1, 0.15) is 27.9 Å². The number of allylic oxidation sites excluding steroid dienone is 1. The number of hydrogen-bond donors (Lipinski definition) is 5. The van der Waals surface area contributed by atoms with E-state index in [4.69, 9.17) is 23.1 Å². The molecule has 7 N–H and O–H groups in total. The monoisotopic (exact) mass is 416 g/mol. The number of benzene rings is 2. The molecule has 8 nitrogen and oxygen atoms in total. The van der Waals surface area contributed by atoms with Gasteiger partial charge in [0.15, 0.2) is 11.6 Å². The Morgan fingerprint density at radius 3 is 2.45 bits per heavy atom. The molecule has 0 heterocycles. The lowest BCUT2D eigenvalue weighted by Gasteiger charge is -2.35. The number of primary amides is 1. The molecule has 0 radical (unpaired) electrons. The summed E-state index contributed by atoms with van der Waals surface area (Å²) in [6.45, 7) is -0.0374. The predicted octanol–water partition coefficient (Wildman–Crippen LogP) is 1.60. The summed E-state index contributed by atoms with van der Waals surface area (Å²) < 4.78 is 0. The molecule has 2 unspecified atom stereocenters. The number of Topliss-reactive ketones (excluding diaryl/α,β-unsaturated/α-hetero) is 2. The van der Waals surface area contributed by atoms with Gasteiger partial charge in [-0.25, -0.2) is 0 Å². The van der Waals surface area contributed by atoms with Gasteiger partial charge >= 0.3 is 0 Å². The molecule has 0 saturated heterocycles.